The van der Waals surface area contributed by atoms with E-state index in [-0.39, 0.29) is 12.4 Å². The molecule has 0 radical (unpaired) electrons. The van der Waals surface area contributed by atoms with E-state index in [2.05, 4.69) is 25.7 Å². The zero-order chi connectivity index (χ0) is 40.4. The molecule has 1 N–H and O–H groups in total. The van der Waals surface area contributed by atoms with E-state index < -0.39 is 0 Å². The van der Waals surface area contributed by atoms with Gasteiger partial charge in [-0.3, -0.25) is 9.59 Å². The Balaban J connectivity index is -0.00000169. The number of carboxylic acid groups (broad SMARTS) is 1. The second-order valence-corrected chi connectivity index (χ2v) is 16.2. The second-order valence-electron chi connectivity index (χ2n) is 16.2. The molecule has 54 heavy (non-hydrogen) atoms. The lowest BCUT2D eigenvalue weighted by atomic mass is 10.0. The fourth-order valence-corrected chi connectivity index (χ4v) is 7.09. The van der Waals surface area contributed by atoms with Crippen LogP contribution in [0.1, 0.15) is 259 Å². The molecule has 0 spiro atoms. The van der Waals surface area contributed by atoms with Crippen molar-refractivity contribution in [2.24, 2.45) is 0 Å². The van der Waals surface area contributed by atoms with Crippen LogP contribution < -0.4 is 0 Å². The molecule has 6 nitrogen and oxygen atoms in total. The molecule has 0 fully saturated rings. The summed E-state index contributed by atoms with van der Waals surface area (Å²) in [5.41, 5.74) is 0. The monoisotopic (exact) mass is 767 g/mol. The first-order valence-electron chi connectivity index (χ1n) is 23.9. The second kappa shape index (κ2) is 53.7. The number of carbonyl (C=O) groups is 3. The molecule has 0 aromatic carbocycles. The first kappa shape index (κ1) is 56.9. The Kier molecular flexibility index (Phi) is 56.6. The quantitative estimate of drug-likeness (QED) is 0.0495. The van der Waals surface area contributed by atoms with Crippen molar-refractivity contribution in [3.8, 4) is 0 Å². The number of unbranched alkanes of at least 4 members (excludes halogenated alkanes) is 32. The minimum Gasteiger partial charge on any atom is -0.483 e. The molecular weight excluding hydrogens is 669 g/mol. The molecule has 0 aliphatic rings. The van der Waals surface area contributed by atoms with E-state index in [1.54, 1.807) is 6.92 Å². The first-order chi connectivity index (χ1) is 26.4. The van der Waals surface area contributed by atoms with Crippen LogP contribution in [-0.2, 0) is 14.4 Å². The molecule has 6 heteroatoms. The molecule has 0 atom stereocenters. The van der Waals surface area contributed by atoms with Crippen LogP contribution in [0.4, 0.5) is 0 Å². The number of hydrogen-bond donors (Lipinski definition) is 1. The van der Waals surface area contributed by atoms with E-state index in [1.807, 2.05) is 11.9 Å². The van der Waals surface area contributed by atoms with Crippen molar-refractivity contribution in [2.75, 3.05) is 33.2 Å². The van der Waals surface area contributed by atoms with Crippen LogP contribution in [0.2, 0.25) is 0 Å². The lowest BCUT2D eigenvalue weighted by Gasteiger charge is -2.24. The Morgan fingerprint density at radius 1 is 0.407 bits per heavy atom. The highest BCUT2D eigenvalue weighted by Gasteiger charge is 2.07. The van der Waals surface area contributed by atoms with Gasteiger partial charge in [-0.15, -0.1) is 0 Å². The van der Waals surface area contributed by atoms with Crippen molar-refractivity contribution >= 4 is 18.7 Å². The van der Waals surface area contributed by atoms with Gasteiger partial charge in [0.2, 0.25) is 5.91 Å². The van der Waals surface area contributed by atoms with Gasteiger partial charge in [-0.1, -0.05) is 220 Å². The smallest absolute Gasteiger partial charge is 0.290 e. The summed E-state index contributed by atoms with van der Waals surface area (Å²) in [7, 11) is 1.94. The Morgan fingerprint density at radius 2 is 0.648 bits per heavy atom. The van der Waals surface area contributed by atoms with E-state index >= 15 is 0 Å². The van der Waals surface area contributed by atoms with Crippen LogP contribution in [0, 0.1) is 0 Å². The predicted octanol–water partition coefficient (Wildman–Crippen LogP) is 14.8. The normalized spacial score (nSPS) is 10.8. The Bertz CT molecular complexity index is 672. The molecule has 0 heterocycles. The van der Waals surface area contributed by atoms with Crippen molar-refractivity contribution < 1.29 is 19.5 Å². The van der Waals surface area contributed by atoms with Crippen LogP contribution in [0.15, 0.2) is 0 Å². The molecular formula is C48H98N2O4. The third-order valence-electron chi connectivity index (χ3n) is 10.8. The topological polar surface area (TPSA) is 77.9 Å². The minimum absolute atomic E-state index is 0.190. The molecule has 0 bridgehead atoms. The van der Waals surface area contributed by atoms with Gasteiger partial charge in [0.05, 0.1) is 0 Å². The third-order valence-corrected chi connectivity index (χ3v) is 10.8. The summed E-state index contributed by atoms with van der Waals surface area (Å²) >= 11 is 0. The van der Waals surface area contributed by atoms with Gasteiger partial charge in [0.1, 0.15) is 6.29 Å². The van der Waals surface area contributed by atoms with Crippen LogP contribution in [0.25, 0.3) is 0 Å². The summed E-state index contributed by atoms with van der Waals surface area (Å²) in [6.07, 6.45) is 50.5. The number of nitrogens with zero attached hydrogens (tertiary/aromatic N) is 2. The van der Waals surface area contributed by atoms with E-state index in [1.165, 1.54) is 225 Å². The molecule has 0 aromatic heterocycles. The first-order valence-corrected chi connectivity index (χ1v) is 23.9. The Labute approximate surface area is 339 Å². The van der Waals surface area contributed by atoms with Crippen LogP contribution >= 0.6 is 0 Å². The van der Waals surface area contributed by atoms with Gasteiger partial charge in [0, 0.05) is 26.9 Å². The lowest BCUT2D eigenvalue weighted by molar-refractivity contribution is -0.127. The van der Waals surface area contributed by atoms with Gasteiger partial charge in [0.25, 0.3) is 6.47 Å². The number of amides is 1. The number of aldehydes is 1. The molecule has 0 aromatic rings. The average molecular weight is 767 g/mol. The Morgan fingerprint density at radius 3 is 0.907 bits per heavy atom. The van der Waals surface area contributed by atoms with E-state index in [4.69, 9.17) is 9.90 Å². The van der Waals surface area contributed by atoms with E-state index in [0.29, 0.717) is 0 Å². The summed E-state index contributed by atoms with van der Waals surface area (Å²) in [4.78, 5) is 34.4. The SMILES string of the molecule is CCCCCCCCC=O.CCCCCCCCCCCCCCCCN(CCCCCCCCCCCCCCCC)CCCN(C)C(C)=O.O=CO. The summed E-state index contributed by atoms with van der Waals surface area (Å²) in [5.74, 6) is 0.190. The van der Waals surface area contributed by atoms with E-state index in [9.17, 15) is 9.59 Å². The minimum atomic E-state index is -0.250. The Hall–Kier alpha value is -1.43. The van der Waals surface area contributed by atoms with Gasteiger partial charge >= 0.3 is 0 Å². The van der Waals surface area contributed by atoms with Gasteiger partial charge < -0.3 is 19.7 Å². The van der Waals surface area contributed by atoms with Crippen LogP contribution in [0.3, 0.4) is 0 Å². The summed E-state index contributed by atoms with van der Waals surface area (Å²) < 4.78 is 0. The maximum absolute atomic E-state index is 11.6. The number of hydrogen-bond acceptors (Lipinski definition) is 4. The van der Waals surface area contributed by atoms with Crippen LogP contribution in [-0.4, -0.2) is 66.8 Å². The van der Waals surface area contributed by atoms with Crippen molar-refractivity contribution in [3.63, 3.8) is 0 Å². The van der Waals surface area contributed by atoms with E-state index in [0.717, 1.165) is 38.6 Å². The molecule has 324 valence electrons. The predicted molar refractivity (Wildman–Crippen MR) is 238 cm³/mol. The summed E-state index contributed by atoms with van der Waals surface area (Å²) in [6.45, 7) is 12.8. The molecule has 0 rings (SSSR count). The van der Waals surface area contributed by atoms with Crippen molar-refractivity contribution in [3.05, 3.63) is 0 Å². The zero-order valence-electron chi connectivity index (χ0n) is 37.5. The van der Waals surface area contributed by atoms with Gasteiger partial charge in [-0.2, -0.15) is 0 Å². The molecule has 0 saturated heterocycles. The fourth-order valence-electron chi connectivity index (χ4n) is 7.09. The van der Waals surface area contributed by atoms with Gasteiger partial charge in [-0.05, 0) is 45.3 Å². The van der Waals surface area contributed by atoms with Crippen LogP contribution in [0.5, 0.6) is 0 Å². The largest absolute Gasteiger partial charge is 0.483 e. The highest BCUT2D eigenvalue weighted by atomic mass is 16.3. The lowest BCUT2D eigenvalue weighted by Crippen LogP contribution is -2.31. The fraction of sp³-hybridized carbons (Fsp3) is 0.938. The third kappa shape index (κ3) is 54.9. The molecule has 0 saturated carbocycles. The highest BCUT2D eigenvalue weighted by Crippen LogP contribution is 2.15. The molecule has 1 amide bonds. The molecule has 0 aliphatic carbocycles. The van der Waals surface area contributed by atoms with Crippen molar-refractivity contribution in [1.29, 1.82) is 0 Å². The maximum atomic E-state index is 11.6. The molecule has 0 unspecified atom stereocenters. The van der Waals surface area contributed by atoms with Crippen molar-refractivity contribution in [1.82, 2.24) is 9.80 Å². The zero-order valence-corrected chi connectivity index (χ0v) is 37.5. The van der Waals surface area contributed by atoms with Crippen molar-refractivity contribution in [2.45, 2.75) is 259 Å². The van der Waals surface area contributed by atoms with Gasteiger partial charge in [-0.25, -0.2) is 0 Å². The number of carbonyl (C=O) groups excluding carboxylic acids is 2. The van der Waals surface area contributed by atoms with Gasteiger partial charge in [0.15, 0.2) is 0 Å². The maximum Gasteiger partial charge on any atom is 0.290 e. The average Bonchev–Trinajstić information content (AvgIpc) is 3.16. The standard InChI is InChI=1S/C38H78N2O.C9H18O.CH2O2/c1-5-7-9-11-13-15-17-19-21-23-25-27-29-31-35-40(37-33-34-39(4)38(3)41)36-32-30-28-26-24-22-20-18-16-14-12-10-8-6-2;1-2-3-4-5-6-7-8-9-10;2-1-3/h5-37H2,1-4H3;9H,2-8H2,1H3;1H,(H,2,3). The molecule has 0 aliphatic heterocycles. The summed E-state index contributed by atoms with van der Waals surface area (Å²) in [6, 6.07) is 0. The highest BCUT2D eigenvalue weighted by molar-refractivity contribution is 5.72. The number of rotatable bonds is 41. The summed E-state index contributed by atoms with van der Waals surface area (Å²) in [5, 5.41) is 6.89.